The standard InChI is InChI=1S/C13H18O3/c1-4-12(14)16-10(2)13(15-3)11-8-6-5-7-9-11/h5-10,13H,4H2,1-3H3. The average Bonchev–Trinajstić information content (AvgIpc) is 2.31. The molecule has 3 nitrogen and oxygen atoms in total. The summed E-state index contributed by atoms with van der Waals surface area (Å²) < 4.78 is 10.6. The number of ether oxygens (including phenoxy) is 2. The number of hydrogen-bond donors (Lipinski definition) is 0. The number of esters is 1. The van der Waals surface area contributed by atoms with E-state index in [4.69, 9.17) is 9.47 Å². The summed E-state index contributed by atoms with van der Waals surface area (Å²) in [5.41, 5.74) is 1.02. The fourth-order valence-electron chi connectivity index (χ4n) is 1.59. The second-order valence-corrected chi connectivity index (χ2v) is 3.62. The zero-order chi connectivity index (χ0) is 12.0. The number of carbonyl (C=O) groups is 1. The van der Waals surface area contributed by atoms with Crippen molar-refractivity contribution >= 4 is 5.97 Å². The Morgan fingerprint density at radius 3 is 2.44 bits per heavy atom. The summed E-state index contributed by atoms with van der Waals surface area (Å²) in [4.78, 5) is 11.2. The molecule has 2 atom stereocenters. The van der Waals surface area contributed by atoms with Crippen molar-refractivity contribution < 1.29 is 14.3 Å². The summed E-state index contributed by atoms with van der Waals surface area (Å²) in [6, 6.07) is 9.75. The Hall–Kier alpha value is -1.35. The van der Waals surface area contributed by atoms with Crippen molar-refractivity contribution in [3.8, 4) is 0 Å². The first-order chi connectivity index (χ1) is 7.69. The first-order valence-electron chi connectivity index (χ1n) is 5.46. The van der Waals surface area contributed by atoms with Gasteiger partial charge in [-0.3, -0.25) is 4.79 Å². The van der Waals surface area contributed by atoms with E-state index in [-0.39, 0.29) is 18.2 Å². The van der Waals surface area contributed by atoms with E-state index in [9.17, 15) is 4.79 Å². The molecule has 0 aliphatic carbocycles. The Morgan fingerprint density at radius 1 is 1.31 bits per heavy atom. The summed E-state index contributed by atoms with van der Waals surface area (Å²) in [5.74, 6) is -0.203. The lowest BCUT2D eigenvalue weighted by Crippen LogP contribution is -2.23. The van der Waals surface area contributed by atoms with E-state index >= 15 is 0 Å². The van der Waals surface area contributed by atoms with Crippen molar-refractivity contribution in [1.29, 1.82) is 0 Å². The lowest BCUT2D eigenvalue weighted by atomic mass is 10.1. The molecular weight excluding hydrogens is 204 g/mol. The van der Waals surface area contributed by atoms with E-state index in [0.717, 1.165) is 5.56 Å². The molecular formula is C13H18O3. The minimum absolute atomic E-state index is 0.203. The summed E-state index contributed by atoms with van der Waals surface area (Å²) in [7, 11) is 1.62. The smallest absolute Gasteiger partial charge is 0.305 e. The molecule has 2 unspecified atom stereocenters. The SMILES string of the molecule is CCC(=O)OC(C)C(OC)c1ccccc1. The van der Waals surface area contributed by atoms with Gasteiger partial charge in [0, 0.05) is 13.5 Å². The number of methoxy groups -OCH3 is 1. The van der Waals surface area contributed by atoms with Gasteiger partial charge < -0.3 is 9.47 Å². The minimum atomic E-state index is -0.278. The molecule has 1 aromatic carbocycles. The van der Waals surface area contributed by atoms with Gasteiger partial charge in [0.05, 0.1) is 0 Å². The van der Waals surface area contributed by atoms with Crippen molar-refractivity contribution in [2.24, 2.45) is 0 Å². The topological polar surface area (TPSA) is 35.5 Å². The molecule has 16 heavy (non-hydrogen) atoms. The van der Waals surface area contributed by atoms with Gasteiger partial charge in [0.25, 0.3) is 0 Å². The van der Waals surface area contributed by atoms with Crippen molar-refractivity contribution in [1.82, 2.24) is 0 Å². The zero-order valence-electron chi connectivity index (χ0n) is 9.97. The first kappa shape index (κ1) is 12.7. The van der Waals surface area contributed by atoms with Crippen LogP contribution < -0.4 is 0 Å². The molecule has 0 saturated carbocycles. The van der Waals surface area contributed by atoms with Crippen molar-refractivity contribution in [3.05, 3.63) is 35.9 Å². The van der Waals surface area contributed by atoms with Gasteiger partial charge in [-0.2, -0.15) is 0 Å². The minimum Gasteiger partial charge on any atom is -0.460 e. The van der Waals surface area contributed by atoms with Crippen LogP contribution in [0.5, 0.6) is 0 Å². The largest absolute Gasteiger partial charge is 0.460 e. The summed E-state index contributed by atoms with van der Waals surface area (Å²) >= 11 is 0. The highest BCUT2D eigenvalue weighted by Gasteiger charge is 2.21. The van der Waals surface area contributed by atoms with E-state index < -0.39 is 0 Å². The van der Waals surface area contributed by atoms with E-state index in [1.54, 1.807) is 14.0 Å². The number of carbonyl (C=O) groups excluding carboxylic acids is 1. The van der Waals surface area contributed by atoms with Gasteiger partial charge in [-0.15, -0.1) is 0 Å². The third-order valence-corrected chi connectivity index (χ3v) is 2.41. The predicted molar refractivity (Wildman–Crippen MR) is 62.0 cm³/mol. The lowest BCUT2D eigenvalue weighted by molar-refractivity contribution is -0.154. The molecule has 0 N–H and O–H groups in total. The van der Waals surface area contributed by atoms with E-state index in [0.29, 0.717) is 6.42 Å². The molecule has 0 aromatic heterocycles. The van der Waals surface area contributed by atoms with Gasteiger partial charge in [0.1, 0.15) is 12.2 Å². The molecule has 3 heteroatoms. The van der Waals surface area contributed by atoms with Crippen LogP contribution in [0.1, 0.15) is 31.9 Å². The molecule has 1 rings (SSSR count). The fourth-order valence-corrected chi connectivity index (χ4v) is 1.59. The van der Waals surface area contributed by atoms with Crippen LogP contribution in [0.25, 0.3) is 0 Å². The van der Waals surface area contributed by atoms with Gasteiger partial charge in [0.2, 0.25) is 0 Å². The monoisotopic (exact) mass is 222 g/mol. The summed E-state index contributed by atoms with van der Waals surface area (Å²) in [6.45, 7) is 3.62. The van der Waals surface area contributed by atoms with Crippen LogP contribution in [-0.2, 0) is 14.3 Å². The molecule has 88 valence electrons. The highest BCUT2D eigenvalue weighted by molar-refractivity contribution is 5.69. The second-order valence-electron chi connectivity index (χ2n) is 3.62. The number of hydrogen-bond acceptors (Lipinski definition) is 3. The van der Waals surface area contributed by atoms with Crippen LogP contribution in [0.15, 0.2) is 30.3 Å². The van der Waals surface area contributed by atoms with Gasteiger partial charge in [-0.05, 0) is 12.5 Å². The molecule has 0 bridgehead atoms. The number of rotatable bonds is 5. The molecule has 1 aromatic rings. The lowest BCUT2D eigenvalue weighted by Gasteiger charge is -2.23. The Bertz CT molecular complexity index is 321. The van der Waals surface area contributed by atoms with E-state index in [2.05, 4.69) is 0 Å². The molecule has 0 aliphatic rings. The molecule has 0 aliphatic heterocycles. The highest BCUT2D eigenvalue weighted by atomic mass is 16.6. The Balaban J connectivity index is 2.71. The van der Waals surface area contributed by atoms with Crippen LogP contribution >= 0.6 is 0 Å². The Labute approximate surface area is 96.4 Å². The fraction of sp³-hybridized carbons (Fsp3) is 0.462. The average molecular weight is 222 g/mol. The van der Waals surface area contributed by atoms with E-state index in [1.165, 1.54) is 0 Å². The third-order valence-electron chi connectivity index (χ3n) is 2.41. The predicted octanol–water partition coefficient (Wildman–Crippen LogP) is 2.72. The number of benzene rings is 1. The normalized spacial score (nSPS) is 14.2. The molecule has 0 amide bonds. The van der Waals surface area contributed by atoms with Crippen molar-refractivity contribution in [3.63, 3.8) is 0 Å². The van der Waals surface area contributed by atoms with Crippen LogP contribution in [-0.4, -0.2) is 19.2 Å². The van der Waals surface area contributed by atoms with Crippen LogP contribution in [0, 0.1) is 0 Å². The van der Waals surface area contributed by atoms with Gasteiger partial charge in [0.15, 0.2) is 0 Å². The maximum absolute atomic E-state index is 11.2. The van der Waals surface area contributed by atoms with Crippen LogP contribution in [0.2, 0.25) is 0 Å². The summed E-state index contributed by atoms with van der Waals surface area (Å²) in [6.07, 6.45) is -0.105. The molecule has 0 fully saturated rings. The van der Waals surface area contributed by atoms with Crippen LogP contribution in [0.3, 0.4) is 0 Å². The summed E-state index contributed by atoms with van der Waals surface area (Å²) in [5, 5.41) is 0. The second kappa shape index (κ2) is 6.28. The quantitative estimate of drug-likeness (QED) is 0.718. The van der Waals surface area contributed by atoms with Gasteiger partial charge >= 0.3 is 5.97 Å². The molecule has 0 heterocycles. The third kappa shape index (κ3) is 3.35. The Morgan fingerprint density at radius 2 is 1.94 bits per heavy atom. The van der Waals surface area contributed by atoms with Crippen molar-refractivity contribution in [2.75, 3.05) is 7.11 Å². The Kier molecular flexibility index (Phi) is 4.99. The molecule has 0 radical (unpaired) electrons. The highest BCUT2D eigenvalue weighted by Crippen LogP contribution is 2.22. The first-order valence-corrected chi connectivity index (χ1v) is 5.46. The zero-order valence-corrected chi connectivity index (χ0v) is 9.97. The van der Waals surface area contributed by atoms with Gasteiger partial charge in [-0.1, -0.05) is 37.3 Å². The van der Waals surface area contributed by atoms with Crippen LogP contribution in [0.4, 0.5) is 0 Å². The molecule has 0 spiro atoms. The van der Waals surface area contributed by atoms with E-state index in [1.807, 2.05) is 37.3 Å². The maximum atomic E-state index is 11.2. The van der Waals surface area contributed by atoms with Crippen molar-refractivity contribution in [2.45, 2.75) is 32.5 Å². The molecule has 0 saturated heterocycles. The van der Waals surface area contributed by atoms with Gasteiger partial charge in [-0.25, -0.2) is 0 Å². The maximum Gasteiger partial charge on any atom is 0.305 e.